The van der Waals surface area contributed by atoms with Crippen LogP contribution in [-0.2, 0) is 17.9 Å². The number of amides is 1. The van der Waals surface area contributed by atoms with Crippen LogP contribution in [0, 0.1) is 0 Å². The highest BCUT2D eigenvalue weighted by Crippen LogP contribution is 2.32. The molecule has 0 spiro atoms. The molecule has 124 valence electrons. The highest BCUT2D eigenvalue weighted by molar-refractivity contribution is 7.23. The smallest absolute Gasteiger partial charge is 0.271 e. The van der Waals surface area contributed by atoms with Gasteiger partial charge in [0.2, 0.25) is 0 Å². The highest BCUT2D eigenvalue weighted by Gasteiger charge is 2.13. The van der Waals surface area contributed by atoms with Crippen molar-refractivity contribution in [1.82, 2.24) is 10.3 Å². The third-order valence-electron chi connectivity index (χ3n) is 3.38. The molecule has 7 heteroatoms. The summed E-state index contributed by atoms with van der Waals surface area (Å²) in [6, 6.07) is 11.6. The summed E-state index contributed by atoms with van der Waals surface area (Å²) in [7, 11) is 1.66. The number of hydrogen-bond donors (Lipinski definition) is 1. The predicted octanol–water partition coefficient (Wildman–Crippen LogP) is 4.60. The topological polar surface area (TPSA) is 51.2 Å². The Morgan fingerprint density at radius 3 is 2.75 bits per heavy atom. The van der Waals surface area contributed by atoms with E-state index in [1.54, 1.807) is 12.5 Å². The van der Waals surface area contributed by atoms with Crippen LogP contribution in [0.15, 0.2) is 41.8 Å². The fourth-order valence-corrected chi connectivity index (χ4v) is 4.13. The molecule has 0 aliphatic carbocycles. The Morgan fingerprint density at radius 2 is 2.04 bits per heavy atom. The molecule has 0 aliphatic heterocycles. The number of nitrogens with one attached hydrogen (secondary N) is 1. The van der Waals surface area contributed by atoms with Gasteiger partial charge in [0.05, 0.1) is 15.8 Å². The van der Waals surface area contributed by atoms with Crippen molar-refractivity contribution in [2.45, 2.75) is 13.2 Å². The van der Waals surface area contributed by atoms with Gasteiger partial charge in [-0.15, -0.1) is 22.7 Å². The molecular formula is C17H15ClN2O2S2. The van der Waals surface area contributed by atoms with E-state index in [2.05, 4.69) is 10.3 Å². The van der Waals surface area contributed by atoms with Gasteiger partial charge in [-0.05, 0) is 23.3 Å². The highest BCUT2D eigenvalue weighted by atomic mass is 35.5. The average molecular weight is 379 g/mol. The number of aromatic nitrogens is 1. The lowest BCUT2D eigenvalue weighted by molar-refractivity contribution is 0.0946. The van der Waals surface area contributed by atoms with Gasteiger partial charge < -0.3 is 10.1 Å². The summed E-state index contributed by atoms with van der Waals surface area (Å²) in [5.41, 5.74) is 2.52. The van der Waals surface area contributed by atoms with Crippen LogP contribution in [-0.4, -0.2) is 18.0 Å². The van der Waals surface area contributed by atoms with E-state index in [0.29, 0.717) is 23.2 Å². The fraction of sp³-hybridized carbons (Fsp3) is 0.176. The van der Waals surface area contributed by atoms with E-state index in [4.69, 9.17) is 16.3 Å². The van der Waals surface area contributed by atoms with Crippen molar-refractivity contribution in [1.29, 1.82) is 0 Å². The lowest BCUT2D eigenvalue weighted by Crippen LogP contribution is -2.23. The first-order chi connectivity index (χ1) is 11.7. The van der Waals surface area contributed by atoms with Gasteiger partial charge >= 0.3 is 0 Å². The first-order valence-electron chi connectivity index (χ1n) is 7.22. The molecule has 0 atom stereocenters. The van der Waals surface area contributed by atoms with Crippen LogP contribution in [0.5, 0.6) is 0 Å². The minimum Gasteiger partial charge on any atom is -0.380 e. The molecule has 0 fully saturated rings. The number of thiazole rings is 1. The van der Waals surface area contributed by atoms with Crippen LogP contribution >= 0.6 is 34.3 Å². The Kier molecular flexibility index (Phi) is 5.63. The van der Waals surface area contributed by atoms with Gasteiger partial charge in [0.15, 0.2) is 0 Å². The molecule has 4 nitrogen and oxygen atoms in total. The van der Waals surface area contributed by atoms with Gasteiger partial charge in [-0.25, -0.2) is 4.98 Å². The van der Waals surface area contributed by atoms with Crippen molar-refractivity contribution in [2.75, 3.05) is 7.11 Å². The maximum Gasteiger partial charge on any atom is 0.271 e. The van der Waals surface area contributed by atoms with E-state index in [-0.39, 0.29) is 5.91 Å². The minimum absolute atomic E-state index is 0.188. The number of benzene rings is 1. The number of hydrogen-bond acceptors (Lipinski definition) is 5. The molecule has 0 bridgehead atoms. The average Bonchev–Trinajstić information content (AvgIpc) is 3.23. The molecule has 3 rings (SSSR count). The van der Waals surface area contributed by atoms with Crippen molar-refractivity contribution in [3.8, 4) is 9.88 Å². The maximum absolute atomic E-state index is 12.3. The number of methoxy groups -OCH3 is 1. The molecule has 0 saturated carbocycles. The fourth-order valence-electron chi connectivity index (χ4n) is 2.21. The number of halogens is 1. The Morgan fingerprint density at radius 1 is 1.25 bits per heavy atom. The number of ether oxygens (including phenoxy) is 1. The summed E-state index contributed by atoms with van der Waals surface area (Å²) < 4.78 is 5.89. The van der Waals surface area contributed by atoms with Crippen LogP contribution in [0.2, 0.25) is 4.34 Å². The zero-order valence-electron chi connectivity index (χ0n) is 12.9. The standard InChI is InChI=1S/C17H15ClN2O2S2/c1-22-9-12-5-3-2-4-11(12)8-19-16(21)13-10-23-17(20-13)14-6-7-15(18)24-14/h2-7,10H,8-9H2,1H3,(H,19,21). The number of thiophene rings is 1. The zero-order valence-corrected chi connectivity index (χ0v) is 15.3. The second kappa shape index (κ2) is 7.90. The number of nitrogens with zero attached hydrogens (tertiary/aromatic N) is 1. The van der Waals surface area contributed by atoms with Crippen molar-refractivity contribution >= 4 is 40.2 Å². The summed E-state index contributed by atoms with van der Waals surface area (Å²) in [6.07, 6.45) is 0. The van der Waals surface area contributed by atoms with E-state index in [9.17, 15) is 4.79 Å². The molecular weight excluding hydrogens is 364 g/mol. The Balaban J connectivity index is 1.67. The summed E-state index contributed by atoms with van der Waals surface area (Å²) >= 11 is 8.83. The Bertz CT molecular complexity index is 844. The minimum atomic E-state index is -0.188. The Hall–Kier alpha value is -1.73. The lowest BCUT2D eigenvalue weighted by Gasteiger charge is -2.09. The van der Waals surface area contributed by atoms with E-state index in [1.165, 1.54) is 22.7 Å². The van der Waals surface area contributed by atoms with Crippen LogP contribution in [0.1, 0.15) is 21.6 Å². The van der Waals surface area contributed by atoms with E-state index < -0.39 is 0 Å². The van der Waals surface area contributed by atoms with Gasteiger partial charge in [-0.1, -0.05) is 35.9 Å². The molecule has 1 N–H and O–H groups in total. The molecule has 2 heterocycles. The third kappa shape index (κ3) is 4.02. The van der Waals surface area contributed by atoms with E-state index in [0.717, 1.165) is 21.0 Å². The Labute approximate surface area is 153 Å². The second-order valence-electron chi connectivity index (χ2n) is 5.03. The number of carbonyl (C=O) groups excluding carboxylic acids is 1. The van der Waals surface area contributed by atoms with Crippen molar-refractivity contribution in [3.05, 3.63) is 62.9 Å². The molecule has 0 aliphatic rings. The molecule has 0 radical (unpaired) electrons. The normalized spacial score (nSPS) is 10.8. The van der Waals surface area contributed by atoms with Gasteiger partial charge in [0.1, 0.15) is 10.7 Å². The predicted molar refractivity (Wildman–Crippen MR) is 98.8 cm³/mol. The summed E-state index contributed by atoms with van der Waals surface area (Å²) in [6.45, 7) is 0.960. The molecule has 1 aromatic carbocycles. The molecule has 1 amide bonds. The van der Waals surface area contributed by atoms with Gasteiger partial charge in [-0.2, -0.15) is 0 Å². The van der Waals surface area contributed by atoms with Crippen molar-refractivity contribution in [3.63, 3.8) is 0 Å². The van der Waals surface area contributed by atoms with E-state index >= 15 is 0 Å². The molecule has 0 saturated heterocycles. The number of carbonyl (C=O) groups is 1. The summed E-state index contributed by atoms with van der Waals surface area (Å²) in [5.74, 6) is -0.188. The van der Waals surface area contributed by atoms with Crippen molar-refractivity contribution in [2.24, 2.45) is 0 Å². The first-order valence-corrected chi connectivity index (χ1v) is 9.30. The number of rotatable bonds is 6. The quantitative estimate of drug-likeness (QED) is 0.681. The largest absolute Gasteiger partial charge is 0.380 e. The summed E-state index contributed by atoms with van der Waals surface area (Å²) in [5, 5.41) is 5.48. The van der Waals surface area contributed by atoms with Crippen LogP contribution in [0.4, 0.5) is 0 Å². The summed E-state index contributed by atoms with van der Waals surface area (Å²) in [4.78, 5) is 17.7. The van der Waals surface area contributed by atoms with E-state index in [1.807, 2.05) is 36.4 Å². The zero-order chi connectivity index (χ0) is 16.9. The van der Waals surface area contributed by atoms with Crippen LogP contribution < -0.4 is 5.32 Å². The van der Waals surface area contributed by atoms with Gasteiger partial charge in [-0.3, -0.25) is 4.79 Å². The molecule has 3 aromatic rings. The monoisotopic (exact) mass is 378 g/mol. The van der Waals surface area contributed by atoms with Crippen molar-refractivity contribution < 1.29 is 9.53 Å². The second-order valence-corrected chi connectivity index (χ2v) is 7.60. The SMILES string of the molecule is COCc1ccccc1CNC(=O)c1csc(-c2ccc(Cl)s2)n1. The van der Waals surface area contributed by atoms with Gasteiger partial charge in [0, 0.05) is 19.0 Å². The van der Waals surface area contributed by atoms with Crippen LogP contribution in [0.3, 0.4) is 0 Å². The maximum atomic E-state index is 12.3. The van der Waals surface area contributed by atoms with Gasteiger partial charge in [0.25, 0.3) is 5.91 Å². The lowest BCUT2D eigenvalue weighted by atomic mass is 10.1. The molecule has 2 aromatic heterocycles. The van der Waals surface area contributed by atoms with Crippen LogP contribution in [0.25, 0.3) is 9.88 Å². The third-order valence-corrected chi connectivity index (χ3v) is 5.62. The first kappa shape index (κ1) is 17.1. The molecule has 0 unspecified atom stereocenters. The molecule has 24 heavy (non-hydrogen) atoms.